The second kappa shape index (κ2) is 3.59. The molecule has 1 fully saturated rings. The van der Waals surface area contributed by atoms with Crippen LogP contribution in [-0.4, -0.2) is 17.7 Å². The van der Waals surface area contributed by atoms with Crippen molar-refractivity contribution in [1.82, 2.24) is 0 Å². The van der Waals surface area contributed by atoms with E-state index in [9.17, 15) is 4.79 Å². The Balaban J connectivity index is 2.37. The van der Waals surface area contributed by atoms with Crippen LogP contribution in [-0.2, 0) is 19.2 Å². The van der Waals surface area contributed by atoms with Gasteiger partial charge in [-0.15, -0.1) is 6.58 Å². The van der Waals surface area contributed by atoms with Gasteiger partial charge in [-0.05, 0) is 20.8 Å². The van der Waals surface area contributed by atoms with Crippen molar-refractivity contribution in [2.75, 3.05) is 0 Å². The van der Waals surface area contributed by atoms with E-state index in [-0.39, 0.29) is 6.42 Å². The molecule has 0 aromatic carbocycles. The van der Waals surface area contributed by atoms with Gasteiger partial charge in [0.2, 0.25) is 0 Å². The normalized spacial score (nSPS) is 18.5. The Morgan fingerprint density at radius 3 is 2.43 bits per heavy atom. The highest BCUT2D eigenvalue weighted by Crippen LogP contribution is 2.35. The first-order chi connectivity index (χ1) is 6.37. The minimum atomic E-state index is -1.30. The summed E-state index contributed by atoms with van der Waals surface area (Å²) in [6.07, 6.45) is 0.973. The summed E-state index contributed by atoms with van der Waals surface area (Å²) in [5.74, 6) is -1.30. The maximum absolute atomic E-state index is 11.2. The monoisotopic (exact) mass is 202 g/mol. The van der Waals surface area contributed by atoms with E-state index in [4.69, 9.17) is 9.47 Å². The predicted octanol–water partition coefficient (Wildman–Crippen LogP) is 2.13. The molecule has 0 spiro atoms. The van der Waals surface area contributed by atoms with Crippen molar-refractivity contribution < 1.29 is 24.0 Å². The molecule has 0 radical (unpaired) electrons. The SMILES string of the molecule is C=CCC1(OC(=O)OC(C)(C)C)OO1. The molecule has 0 amide bonds. The number of hydrogen-bond donors (Lipinski definition) is 0. The first-order valence-electron chi connectivity index (χ1n) is 4.27. The first-order valence-corrected chi connectivity index (χ1v) is 4.27. The maximum Gasteiger partial charge on any atom is 0.513 e. The van der Waals surface area contributed by atoms with Crippen LogP contribution in [0.15, 0.2) is 12.7 Å². The highest BCUT2D eigenvalue weighted by molar-refractivity contribution is 5.61. The van der Waals surface area contributed by atoms with Gasteiger partial charge in [-0.2, -0.15) is 9.78 Å². The van der Waals surface area contributed by atoms with Gasteiger partial charge in [-0.1, -0.05) is 6.08 Å². The Labute approximate surface area is 82.5 Å². The number of hydrogen-bond acceptors (Lipinski definition) is 5. The molecule has 1 aliphatic heterocycles. The zero-order valence-corrected chi connectivity index (χ0v) is 8.53. The Morgan fingerprint density at radius 1 is 1.50 bits per heavy atom. The lowest BCUT2D eigenvalue weighted by Gasteiger charge is -2.19. The summed E-state index contributed by atoms with van der Waals surface area (Å²) in [5, 5.41) is 0. The Morgan fingerprint density at radius 2 is 2.07 bits per heavy atom. The smallest absolute Gasteiger partial charge is 0.428 e. The van der Waals surface area contributed by atoms with Crippen molar-refractivity contribution in [3.05, 3.63) is 12.7 Å². The Bertz CT molecular complexity index is 236. The van der Waals surface area contributed by atoms with Gasteiger partial charge in [-0.25, -0.2) is 4.79 Å². The summed E-state index contributed by atoms with van der Waals surface area (Å²) in [6.45, 7) is 8.69. The molecule has 0 bridgehead atoms. The number of carbonyl (C=O) groups is 1. The fourth-order valence-corrected chi connectivity index (χ4v) is 0.765. The van der Waals surface area contributed by atoms with Crippen molar-refractivity contribution in [3.63, 3.8) is 0 Å². The van der Waals surface area contributed by atoms with Crippen molar-refractivity contribution in [3.8, 4) is 0 Å². The molecule has 14 heavy (non-hydrogen) atoms. The van der Waals surface area contributed by atoms with Gasteiger partial charge < -0.3 is 9.47 Å². The molecule has 0 aliphatic carbocycles. The van der Waals surface area contributed by atoms with Crippen LogP contribution in [0.5, 0.6) is 0 Å². The molecule has 1 heterocycles. The predicted molar refractivity (Wildman–Crippen MR) is 47.0 cm³/mol. The summed E-state index contributed by atoms with van der Waals surface area (Å²) >= 11 is 0. The zero-order valence-electron chi connectivity index (χ0n) is 8.53. The molecule has 0 aromatic rings. The molecule has 80 valence electrons. The molecule has 0 aromatic heterocycles. The standard InChI is InChI=1S/C9H14O5/c1-5-6-9(13-14-9)12-7(10)11-8(2,3)4/h5H,1,6H2,2-4H3. The second-order valence-corrected chi connectivity index (χ2v) is 3.91. The fourth-order valence-electron chi connectivity index (χ4n) is 0.765. The van der Waals surface area contributed by atoms with Crippen LogP contribution >= 0.6 is 0 Å². The largest absolute Gasteiger partial charge is 0.513 e. The van der Waals surface area contributed by atoms with Crippen LogP contribution in [0, 0.1) is 0 Å². The Hall–Kier alpha value is -1.07. The molecule has 5 nitrogen and oxygen atoms in total. The van der Waals surface area contributed by atoms with Crippen molar-refractivity contribution in [2.24, 2.45) is 0 Å². The third kappa shape index (κ3) is 3.35. The molecule has 1 rings (SSSR count). The average Bonchev–Trinajstić information content (AvgIpc) is 2.64. The summed E-state index contributed by atoms with van der Waals surface area (Å²) in [6, 6.07) is 0. The lowest BCUT2D eigenvalue weighted by Crippen LogP contribution is -2.28. The van der Waals surface area contributed by atoms with Crippen molar-refractivity contribution in [1.29, 1.82) is 0 Å². The maximum atomic E-state index is 11.2. The Kier molecular flexibility index (Phi) is 2.82. The topological polar surface area (TPSA) is 60.6 Å². The number of ether oxygens (including phenoxy) is 2. The van der Waals surface area contributed by atoms with Gasteiger partial charge >= 0.3 is 12.1 Å². The van der Waals surface area contributed by atoms with Gasteiger partial charge in [0.15, 0.2) is 0 Å². The number of carbonyl (C=O) groups excluding carboxylic acids is 1. The van der Waals surface area contributed by atoms with E-state index < -0.39 is 17.7 Å². The molecular weight excluding hydrogens is 188 g/mol. The molecule has 0 unspecified atom stereocenters. The van der Waals surface area contributed by atoms with Crippen molar-refractivity contribution >= 4 is 6.16 Å². The lowest BCUT2D eigenvalue weighted by atomic mass is 10.2. The van der Waals surface area contributed by atoms with Crippen LogP contribution in [0.1, 0.15) is 27.2 Å². The van der Waals surface area contributed by atoms with E-state index in [0.29, 0.717) is 0 Å². The van der Waals surface area contributed by atoms with Crippen LogP contribution in [0.25, 0.3) is 0 Å². The third-order valence-electron chi connectivity index (χ3n) is 1.29. The van der Waals surface area contributed by atoms with Gasteiger partial charge in [0.05, 0.1) is 6.42 Å². The van der Waals surface area contributed by atoms with E-state index in [1.807, 2.05) is 0 Å². The zero-order chi connectivity index (χ0) is 10.8. The second-order valence-electron chi connectivity index (χ2n) is 3.91. The van der Waals surface area contributed by atoms with Gasteiger partial charge in [0.1, 0.15) is 5.60 Å². The van der Waals surface area contributed by atoms with Gasteiger partial charge in [-0.3, -0.25) is 0 Å². The molecule has 1 aliphatic rings. The third-order valence-corrected chi connectivity index (χ3v) is 1.29. The summed E-state index contributed by atoms with van der Waals surface area (Å²) in [4.78, 5) is 20.2. The number of rotatable bonds is 3. The summed E-state index contributed by atoms with van der Waals surface area (Å²) < 4.78 is 9.69. The summed E-state index contributed by atoms with van der Waals surface area (Å²) in [5.41, 5.74) is -0.596. The lowest BCUT2D eigenvalue weighted by molar-refractivity contribution is -0.0698. The van der Waals surface area contributed by atoms with Crippen LogP contribution in [0.4, 0.5) is 4.79 Å². The van der Waals surface area contributed by atoms with Crippen LogP contribution in [0.3, 0.4) is 0 Å². The molecule has 5 heteroatoms. The minimum absolute atomic E-state index is 0.270. The van der Waals surface area contributed by atoms with E-state index in [2.05, 4.69) is 16.4 Å². The molecule has 1 saturated heterocycles. The van der Waals surface area contributed by atoms with Crippen LogP contribution in [0.2, 0.25) is 0 Å². The minimum Gasteiger partial charge on any atom is -0.428 e. The first kappa shape index (κ1) is 11.0. The van der Waals surface area contributed by atoms with Crippen molar-refractivity contribution in [2.45, 2.75) is 38.8 Å². The van der Waals surface area contributed by atoms with Crippen LogP contribution < -0.4 is 0 Å². The van der Waals surface area contributed by atoms with E-state index in [1.165, 1.54) is 6.08 Å². The average molecular weight is 202 g/mol. The fraction of sp³-hybridized carbons (Fsp3) is 0.667. The highest BCUT2D eigenvalue weighted by atomic mass is 17.5. The molecule has 0 N–H and O–H groups in total. The highest BCUT2D eigenvalue weighted by Gasteiger charge is 2.53. The quantitative estimate of drug-likeness (QED) is 0.303. The van der Waals surface area contributed by atoms with E-state index >= 15 is 0 Å². The van der Waals surface area contributed by atoms with Gasteiger partial charge in [0, 0.05) is 0 Å². The molecule has 0 atom stereocenters. The molecule has 0 saturated carbocycles. The van der Waals surface area contributed by atoms with Gasteiger partial charge in [0.25, 0.3) is 0 Å². The van der Waals surface area contributed by atoms with E-state index in [0.717, 1.165) is 0 Å². The van der Waals surface area contributed by atoms with E-state index in [1.54, 1.807) is 20.8 Å². The molecular formula is C9H14O5. The summed E-state index contributed by atoms with van der Waals surface area (Å²) in [7, 11) is 0.